The van der Waals surface area contributed by atoms with Gasteiger partial charge in [-0.05, 0) is 24.1 Å². The van der Waals surface area contributed by atoms with Gasteiger partial charge in [0.1, 0.15) is 0 Å². The predicted molar refractivity (Wildman–Crippen MR) is 69.5 cm³/mol. The zero-order valence-electron chi connectivity index (χ0n) is 10.2. The number of benzene rings is 1. The molecule has 0 spiro atoms. The van der Waals surface area contributed by atoms with Gasteiger partial charge in [0.25, 0.3) is 10.2 Å². The van der Waals surface area contributed by atoms with Gasteiger partial charge in [0.05, 0.1) is 0 Å². The summed E-state index contributed by atoms with van der Waals surface area (Å²) in [5.74, 6) is 0. The highest BCUT2D eigenvalue weighted by molar-refractivity contribution is 7.87. The second-order valence-electron chi connectivity index (χ2n) is 3.90. The van der Waals surface area contributed by atoms with E-state index in [1.54, 1.807) is 19.2 Å². The van der Waals surface area contributed by atoms with Crippen LogP contribution in [0.3, 0.4) is 0 Å². The molecule has 96 valence electrons. The number of hydrogen-bond donors (Lipinski definition) is 2. The molecule has 0 saturated carbocycles. The maximum absolute atomic E-state index is 11.8. The first-order valence-corrected chi connectivity index (χ1v) is 6.95. The van der Waals surface area contributed by atoms with Crippen molar-refractivity contribution in [3.05, 3.63) is 29.8 Å². The van der Waals surface area contributed by atoms with Crippen molar-refractivity contribution in [2.75, 3.05) is 19.3 Å². The Hall–Kier alpha value is -1.11. The summed E-state index contributed by atoms with van der Waals surface area (Å²) >= 11 is 0. The highest BCUT2D eigenvalue weighted by Crippen LogP contribution is 2.09. The molecular formula is C11H19N3O2S. The van der Waals surface area contributed by atoms with Crippen LogP contribution in [0.25, 0.3) is 0 Å². The molecule has 0 heterocycles. The molecule has 0 fully saturated rings. The van der Waals surface area contributed by atoms with Gasteiger partial charge in [0.15, 0.2) is 0 Å². The topological polar surface area (TPSA) is 75.4 Å². The summed E-state index contributed by atoms with van der Waals surface area (Å²) in [6, 6.07) is 7.16. The second kappa shape index (κ2) is 6.00. The minimum atomic E-state index is -3.38. The number of rotatable bonds is 6. The van der Waals surface area contributed by atoms with Gasteiger partial charge in [-0.3, -0.25) is 0 Å². The monoisotopic (exact) mass is 257 g/mol. The molecule has 0 aliphatic carbocycles. The lowest BCUT2D eigenvalue weighted by atomic mass is 10.2. The lowest BCUT2D eigenvalue weighted by Crippen LogP contribution is -2.38. The van der Waals surface area contributed by atoms with Crippen molar-refractivity contribution in [2.24, 2.45) is 0 Å². The van der Waals surface area contributed by atoms with Crippen LogP contribution in [0.5, 0.6) is 0 Å². The summed E-state index contributed by atoms with van der Waals surface area (Å²) in [6.07, 6.45) is 0.773. The quantitative estimate of drug-likeness (QED) is 0.745. The van der Waals surface area contributed by atoms with Crippen molar-refractivity contribution >= 4 is 15.9 Å². The predicted octanol–water partition coefficient (Wildman–Crippen LogP) is 0.945. The van der Waals surface area contributed by atoms with Gasteiger partial charge in [-0.15, -0.1) is 0 Å². The minimum Gasteiger partial charge on any atom is -0.399 e. The lowest BCUT2D eigenvalue weighted by Gasteiger charge is -2.17. The van der Waals surface area contributed by atoms with Crippen LogP contribution in [-0.2, 0) is 16.8 Å². The lowest BCUT2D eigenvalue weighted by molar-refractivity contribution is 0.455. The fraction of sp³-hybridized carbons (Fsp3) is 0.455. The number of hydrogen-bond acceptors (Lipinski definition) is 3. The third-order valence-corrected chi connectivity index (χ3v) is 3.85. The maximum Gasteiger partial charge on any atom is 0.279 e. The molecule has 0 radical (unpaired) electrons. The molecule has 0 amide bonds. The van der Waals surface area contributed by atoms with Gasteiger partial charge < -0.3 is 5.73 Å². The molecule has 6 heteroatoms. The summed E-state index contributed by atoms with van der Waals surface area (Å²) in [5, 5.41) is 0. The molecule has 1 aromatic rings. The molecule has 0 aromatic heterocycles. The van der Waals surface area contributed by atoms with Crippen molar-refractivity contribution in [1.82, 2.24) is 9.03 Å². The Labute approximate surface area is 103 Å². The van der Waals surface area contributed by atoms with Crippen LogP contribution in [0, 0.1) is 0 Å². The smallest absolute Gasteiger partial charge is 0.279 e. The fourth-order valence-corrected chi connectivity index (χ4v) is 2.31. The van der Waals surface area contributed by atoms with Crippen LogP contribution in [0.2, 0.25) is 0 Å². The largest absolute Gasteiger partial charge is 0.399 e. The van der Waals surface area contributed by atoms with E-state index in [0.29, 0.717) is 18.8 Å². The van der Waals surface area contributed by atoms with Gasteiger partial charge in [0, 0.05) is 25.8 Å². The van der Waals surface area contributed by atoms with E-state index in [4.69, 9.17) is 5.73 Å². The molecule has 0 aliphatic heterocycles. The van der Waals surface area contributed by atoms with E-state index in [1.807, 2.05) is 19.1 Å². The van der Waals surface area contributed by atoms with Gasteiger partial charge in [0.2, 0.25) is 0 Å². The molecule has 17 heavy (non-hydrogen) atoms. The maximum atomic E-state index is 11.8. The molecule has 0 atom stereocenters. The number of nitrogen functional groups attached to an aromatic ring is 1. The summed E-state index contributed by atoms with van der Waals surface area (Å²) in [6.45, 7) is 2.70. The van der Waals surface area contributed by atoms with Crippen molar-refractivity contribution in [3.63, 3.8) is 0 Å². The Balaban J connectivity index is 2.65. The van der Waals surface area contributed by atoms with Gasteiger partial charge in [-0.25, -0.2) is 4.72 Å². The zero-order chi connectivity index (χ0) is 12.9. The number of nitrogens with zero attached hydrogens (tertiary/aromatic N) is 1. The molecule has 0 saturated heterocycles. The van der Waals surface area contributed by atoms with Crippen LogP contribution in [0.15, 0.2) is 24.3 Å². The highest BCUT2D eigenvalue weighted by Gasteiger charge is 2.16. The first kappa shape index (κ1) is 14.0. The number of nitrogens with two attached hydrogens (primary N) is 1. The van der Waals surface area contributed by atoms with E-state index in [0.717, 1.165) is 12.0 Å². The van der Waals surface area contributed by atoms with Crippen LogP contribution in [0.1, 0.15) is 18.9 Å². The van der Waals surface area contributed by atoms with E-state index >= 15 is 0 Å². The highest BCUT2D eigenvalue weighted by atomic mass is 32.2. The van der Waals surface area contributed by atoms with E-state index in [-0.39, 0.29) is 0 Å². The minimum absolute atomic E-state index is 0.333. The molecule has 1 aromatic carbocycles. The van der Waals surface area contributed by atoms with E-state index in [9.17, 15) is 8.42 Å². The zero-order valence-corrected chi connectivity index (χ0v) is 11.0. The van der Waals surface area contributed by atoms with Crippen molar-refractivity contribution in [3.8, 4) is 0 Å². The van der Waals surface area contributed by atoms with E-state index in [2.05, 4.69) is 4.72 Å². The Bertz CT molecular complexity index is 442. The fourth-order valence-electron chi connectivity index (χ4n) is 1.31. The SMILES string of the molecule is CCCNS(=O)(=O)N(C)Cc1ccc(N)cc1. The van der Waals surface area contributed by atoms with Crippen molar-refractivity contribution < 1.29 is 8.42 Å². The van der Waals surface area contributed by atoms with E-state index < -0.39 is 10.2 Å². The molecule has 3 N–H and O–H groups in total. The first-order valence-electron chi connectivity index (χ1n) is 5.51. The molecular weight excluding hydrogens is 238 g/mol. The first-order chi connectivity index (χ1) is 7.95. The third kappa shape index (κ3) is 4.33. The third-order valence-electron chi connectivity index (χ3n) is 2.33. The van der Waals surface area contributed by atoms with Crippen LogP contribution in [0.4, 0.5) is 5.69 Å². The van der Waals surface area contributed by atoms with Crippen molar-refractivity contribution in [1.29, 1.82) is 0 Å². The summed E-state index contributed by atoms with van der Waals surface area (Å²) in [7, 11) is -1.83. The number of anilines is 1. The average molecular weight is 257 g/mol. The van der Waals surface area contributed by atoms with Crippen molar-refractivity contribution in [2.45, 2.75) is 19.9 Å². The Morgan fingerprint density at radius 3 is 2.41 bits per heavy atom. The molecule has 0 aliphatic rings. The Morgan fingerprint density at radius 2 is 1.88 bits per heavy atom. The second-order valence-corrected chi connectivity index (χ2v) is 5.76. The Morgan fingerprint density at radius 1 is 1.29 bits per heavy atom. The van der Waals surface area contributed by atoms with Gasteiger partial charge in [-0.2, -0.15) is 12.7 Å². The van der Waals surface area contributed by atoms with Crippen LogP contribution >= 0.6 is 0 Å². The number of nitrogens with one attached hydrogen (secondary N) is 1. The average Bonchev–Trinajstić information content (AvgIpc) is 2.29. The van der Waals surface area contributed by atoms with Gasteiger partial charge in [-0.1, -0.05) is 19.1 Å². The summed E-state index contributed by atoms with van der Waals surface area (Å²) < 4.78 is 27.3. The molecule has 1 rings (SSSR count). The molecule has 0 unspecified atom stereocenters. The summed E-state index contributed by atoms with van der Waals surface area (Å²) in [5.41, 5.74) is 7.14. The van der Waals surface area contributed by atoms with E-state index in [1.165, 1.54) is 4.31 Å². The standard InChI is InChI=1S/C11H19N3O2S/c1-3-8-13-17(15,16)14(2)9-10-4-6-11(12)7-5-10/h4-7,13H,3,8-9,12H2,1-2H3. The van der Waals surface area contributed by atoms with Crippen LogP contribution in [-0.4, -0.2) is 26.3 Å². The molecule has 5 nitrogen and oxygen atoms in total. The normalized spacial score (nSPS) is 11.9. The molecule has 0 bridgehead atoms. The van der Waals surface area contributed by atoms with Crippen LogP contribution < -0.4 is 10.5 Å². The Kier molecular flexibility index (Phi) is 4.92. The van der Waals surface area contributed by atoms with Gasteiger partial charge >= 0.3 is 0 Å². The summed E-state index contributed by atoms with van der Waals surface area (Å²) in [4.78, 5) is 0.